The summed E-state index contributed by atoms with van der Waals surface area (Å²) in [5.74, 6) is -2.23. The van der Waals surface area contributed by atoms with Gasteiger partial charge in [0.15, 0.2) is 0 Å². The Balaban J connectivity index is 5.12. The Morgan fingerprint density at radius 1 is 0.962 bits per heavy atom. The summed E-state index contributed by atoms with van der Waals surface area (Å²) in [4.78, 5) is 36.4. The van der Waals surface area contributed by atoms with Gasteiger partial charge in [-0.15, -0.1) is 0 Å². The standard InChI is InChI=1S/C18H36N4O4/c1-5-11(3)14(20)17(24)21-13(9-7-8-10-19)16(23)22-15(18(25)26)12(4)6-2/h11-15H,5-10,19-20H2,1-4H3,(H,21,24)(H,22,23)(H,25,26)/t11-,12-,13-,14-,15-/m0/s1. The number of aliphatic carboxylic acids is 1. The molecule has 0 aromatic heterocycles. The van der Waals surface area contributed by atoms with Crippen LogP contribution in [-0.4, -0.2) is 47.6 Å². The van der Waals surface area contributed by atoms with Crippen molar-refractivity contribution < 1.29 is 19.5 Å². The van der Waals surface area contributed by atoms with E-state index in [0.29, 0.717) is 32.2 Å². The van der Waals surface area contributed by atoms with Crippen molar-refractivity contribution in [1.82, 2.24) is 10.6 Å². The highest BCUT2D eigenvalue weighted by atomic mass is 16.4. The monoisotopic (exact) mass is 372 g/mol. The van der Waals surface area contributed by atoms with E-state index in [1.165, 1.54) is 0 Å². The van der Waals surface area contributed by atoms with Gasteiger partial charge >= 0.3 is 5.97 Å². The Morgan fingerprint density at radius 2 is 1.54 bits per heavy atom. The van der Waals surface area contributed by atoms with E-state index in [0.717, 1.165) is 6.42 Å². The topological polar surface area (TPSA) is 148 Å². The van der Waals surface area contributed by atoms with Crippen LogP contribution in [0.3, 0.4) is 0 Å². The molecule has 0 rings (SSSR count). The Bertz CT molecular complexity index is 458. The van der Waals surface area contributed by atoms with Crippen molar-refractivity contribution in [3.05, 3.63) is 0 Å². The predicted octanol–water partition coefficient (Wildman–Crippen LogP) is 0.589. The summed E-state index contributed by atoms with van der Waals surface area (Å²) in [6, 6.07) is -2.53. The average molecular weight is 373 g/mol. The number of amides is 2. The zero-order chi connectivity index (χ0) is 20.3. The van der Waals surface area contributed by atoms with Gasteiger partial charge in [0.05, 0.1) is 6.04 Å². The van der Waals surface area contributed by atoms with Crippen molar-refractivity contribution in [3.63, 3.8) is 0 Å². The van der Waals surface area contributed by atoms with Crippen LogP contribution in [0.15, 0.2) is 0 Å². The maximum absolute atomic E-state index is 12.6. The smallest absolute Gasteiger partial charge is 0.326 e. The van der Waals surface area contributed by atoms with E-state index in [1.54, 1.807) is 6.92 Å². The van der Waals surface area contributed by atoms with Gasteiger partial charge in [-0.25, -0.2) is 4.79 Å². The van der Waals surface area contributed by atoms with Gasteiger partial charge in [-0.1, -0.05) is 40.5 Å². The largest absolute Gasteiger partial charge is 0.480 e. The first-order valence-corrected chi connectivity index (χ1v) is 9.48. The van der Waals surface area contributed by atoms with Gasteiger partial charge in [0, 0.05) is 0 Å². The molecule has 0 fully saturated rings. The van der Waals surface area contributed by atoms with Crippen molar-refractivity contribution in [2.75, 3.05) is 6.54 Å². The van der Waals surface area contributed by atoms with Gasteiger partial charge in [-0.3, -0.25) is 9.59 Å². The summed E-state index contributed by atoms with van der Waals surface area (Å²) in [7, 11) is 0. The molecule has 0 aliphatic heterocycles. The number of hydrogen-bond acceptors (Lipinski definition) is 5. The summed E-state index contributed by atoms with van der Waals surface area (Å²) in [6.45, 7) is 7.92. The fourth-order valence-electron chi connectivity index (χ4n) is 2.48. The molecule has 8 nitrogen and oxygen atoms in total. The lowest BCUT2D eigenvalue weighted by Crippen LogP contribution is -2.56. The molecule has 5 atom stereocenters. The second kappa shape index (κ2) is 12.6. The highest BCUT2D eigenvalue weighted by Gasteiger charge is 2.30. The van der Waals surface area contributed by atoms with E-state index in [-0.39, 0.29) is 11.8 Å². The summed E-state index contributed by atoms with van der Waals surface area (Å²) < 4.78 is 0. The van der Waals surface area contributed by atoms with E-state index in [4.69, 9.17) is 11.5 Å². The number of nitrogens with two attached hydrogens (primary N) is 2. The number of carbonyl (C=O) groups excluding carboxylic acids is 2. The number of rotatable bonds is 13. The lowest BCUT2D eigenvalue weighted by Gasteiger charge is -2.26. The first-order chi connectivity index (χ1) is 12.2. The molecule has 0 aromatic carbocycles. The van der Waals surface area contributed by atoms with Crippen LogP contribution in [-0.2, 0) is 14.4 Å². The molecule has 0 spiro atoms. The molecule has 0 saturated heterocycles. The Kier molecular flexibility index (Phi) is 11.8. The van der Waals surface area contributed by atoms with Crippen LogP contribution < -0.4 is 22.1 Å². The van der Waals surface area contributed by atoms with Gasteiger partial charge in [-0.05, 0) is 37.6 Å². The van der Waals surface area contributed by atoms with E-state index >= 15 is 0 Å². The molecule has 0 unspecified atom stereocenters. The second-order valence-electron chi connectivity index (χ2n) is 6.97. The predicted molar refractivity (Wildman–Crippen MR) is 101 cm³/mol. The molecule has 2 amide bonds. The second-order valence-corrected chi connectivity index (χ2v) is 6.97. The zero-order valence-electron chi connectivity index (χ0n) is 16.5. The van der Waals surface area contributed by atoms with Crippen LogP contribution in [0, 0.1) is 11.8 Å². The normalized spacial score (nSPS) is 16.8. The summed E-state index contributed by atoms with van der Waals surface area (Å²) >= 11 is 0. The minimum absolute atomic E-state index is 0.0189. The lowest BCUT2D eigenvalue weighted by atomic mass is 9.97. The van der Waals surface area contributed by atoms with E-state index in [9.17, 15) is 19.5 Å². The highest BCUT2D eigenvalue weighted by molar-refractivity contribution is 5.91. The van der Waals surface area contributed by atoms with Gasteiger partial charge in [-0.2, -0.15) is 0 Å². The molecule has 0 aliphatic carbocycles. The van der Waals surface area contributed by atoms with Gasteiger partial charge in [0.2, 0.25) is 11.8 Å². The van der Waals surface area contributed by atoms with E-state index in [1.807, 2.05) is 20.8 Å². The van der Waals surface area contributed by atoms with Gasteiger partial charge < -0.3 is 27.2 Å². The van der Waals surface area contributed by atoms with Crippen LogP contribution in [0.2, 0.25) is 0 Å². The van der Waals surface area contributed by atoms with Crippen LogP contribution in [0.4, 0.5) is 0 Å². The summed E-state index contributed by atoms with van der Waals surface area (Å²) in [5, 5.41) is 14.6. The molecule has 0 aromatic rings. The maximum Gasteiger partial charge on any atom is 0.326 e. The third-order valence-electron chi connectivity index (χ3n) is 4.92. The molecule has 26 heavy (non-hydrogen) atoms. The number of unbranched alkanes of at least 4 members (excludes halogenated alkanes) is 1. The first-order valence-electron chi connectivity index (χ1n) is 9.48. The van der Waals surface area contributed by atoms with Crippen LogP contribution >= 0.6 is 0 Å². The molecule has 0 bridgehead atoms. The minimum atomic E-state index is -1.09. The average Bonchev–Trinajstić information content (AvgIpc) is 2.62. The van der Waals surface area contributed by atoms with Crippen molar-refractivity contribution in [1.29, 1.82) is 0 Å². The van der Waals surface area contributed by atoms with Crippen molar-refractivity contribution in [3.8, 4) is 0 Å². The number of nitrogens with one attached hydrogen (secondary N) is 2. The Labute approximate surface area is 156 Å². The molecule has 0 heterocycles. The van der Waals surface area contributed by atoms with Gasteiger partial charge in [0.1, 0.15) is 12.1 Å². The van der Waals surface area contributed by atoms with E-state index in [2.05, 4.69) is 10.6 Å². The number of carbonyl (C=O) groups is 3. The molecule has 0 aliphatic rings. The first kappa shape index (κ1) is 24.3. The zero-order valence-corrected chi connectivity index (χ0v) is 16.5. The Hall–Kier alpha value is -1.67. The minimum Gasteiger partial charge on any atom is -0.480 e. The van der Waals surface area contributed by atoms with Crippen LogP contribution in [0.25, 0.3) is 0 Å². The fraction of sp³-hybridized carbons (Fsp3) is 0.833. The quantitative estimate of drug-likeness (QED) is 0.299. The highest BCUT2D eigenvalue weighted by Crippen LogP contribution is 2.11. The molecular formula is C18H36N4O4. The van der Waals surface area contributed by atoms with E-state index < -0.39 is 35.9 Å². The summed E-state index contributed by atoms with van der Waals surface area (Å²) in [5.41, 5.74) is 11.4. The van der Waals surface area contributed by atoms with Crippen molar-refractivity contribution >= 4 is 17.8 Å². The van der Waals surface area contributed by atoms with Crippen molar-refractivity contribution in [2.45, 2.75) is 77.9 Å². The molecule has 0 radical (unpaired) electrons. The SMILES string of the molecule is CC[C@H](C)[C@H](N)C(=O)N[C@@H](CCCCN)C(=O)N[C@H](C(=O)O)[C@@H](C)CC. The fourth-order valence-corrected chi connectivity index (χ4v) is 2.48. The number of carboxylic acid groups (broad SMARTS) is 1. The Morgan fingerprint density at radius 3 is 2.00 bits per heavy atom. The maximum atomic E-state index is 12.6. The number of carboxylic acids is 1. The number of hydrogen-bond donors (Lipinski definition) is 5. The van der Waals surface area contributed by atoms with Crippen LogP contribution in [0.5, 0.6) is 0 Å². The van der Waals surface area contributed by atoms with Crippen LogP contribution in [0.1, 0.15) is 59.8 Å². The molecule has 7 N–H and O–H groups in total. The third kappa shape index (κ3) is 8.14. The van der Waals surface area contributed by atoms with Crippen molar-refractivity contribution in [2.24, 2.45) is 23.3 Å². The molecule has 0 saturated carbocycles. The lowest BCUT2D eigenvalue weighted by molar-refractivity contribution is -0.143. The molecule has 8 heteroatoms. The molecule has 152 valence electrons. The third-order valence-corrected chi connectivity index (χ3v) is 4.92. The van der Waals surface area contributed by atoms with Gasteiger partial charge in [0.25, 0.3) is 0 Å². The molecular weight excluding hydrogens is 336 g/mol. The summed E-state index contributed by atoms with van der Waals surface area (Å²) in [6.07, 6.45) is 3.10.